The summed E-state index contributed by atoms with van der Waals surface area (Å²) in [6.45, 7) is 0. The van der Waals surface area contributed by atoms with Crippen molar-refractivity contribution in [2.24, 2.45) is 0 Å². The molecule has 8 rings (SSSR count). The van der Waals surface area contributed by atoms with Gasteiger partial charge in [0.15, 0.2) is 29.0 Å². The Labute approximate surface area is 243 Å². The molecular weight excluding hydrogens is 516 g/mol. The Balaban J connectivity index is 1.29. The molecule has 1 aliphatic rings. The summed E-state index contributed by atoms with van der Waals surface area (Å²) in [7, 11) is 0. The molecule has 5 heteroatoms. The number of ether oxygens (including phenoxy) is 1. The van der Waals surface area contributed by atoms with Crippen molar-refractivity contribution < 1.29 is 4.74 Å². The van der Waals surface area contributed by atoms with E-state index in [1.165, 1.54) is 0 Å². The molecule has 2 heterocycles. The van der Waals surface area contributed by atoms with Crippen molar-refractivity contribution in [3.8, 4) is 45.7 Å². The van der Waals surface area contributed by atoms with Gasteiger partial charge in [-0.25, -0.2) is 15.0 Å². The largest absolute Gasteiger partial charge is 0.453 e. The Morgan fingerprint density at radius 2 is 1.00 bits per heavy atom. The summed E-state index contributed by atoms with van der Waals surface area (Å²) in [5, 5.41) is 2.16. The van der Waals surface area contributed by atoms with Crippen LogP contribution < -0.4 is 9.64 Å². The molecule has 0 bridgehead atoms. The van der Waals surface area contributed by atoms with Gasteiger partial charge in [0, 0.05) is 22.4 Å². The fourth-order valence-electron chi connectivity index (χ4n) is 5.52. The maximum atomic E-state index is 6.22. The van der Waals surface area contributed by atoms with Crippen LogP contribution in [0.15, 0.2) is 146 Å². The highest BCUT2D eigenvalue weighted by molar-refractivity contribution is 5.99. The summed E-state index contributed by atoms with van der Waals surface area (Å²) < 4.78 is 6.22. The van der Waals surface area contributed by atoms with E-state index in [9.17, 15) is 0 Å². The van der Waals surface area contributed by atoms with Crippen molar-refractivity contribution in [2.75, 3.05) is 4.90 Å². The molecule has 0 fully saturated rings. The molecule has 0 radical (unpaired) electrons. The van der Waals surface area contributed by atoms with E-state index in [1.54, 1.807) is 0 Å². The van der Waals surface area contributed by atoms with Crippen LogP contribution in [-0.2, 0) is 0 Å². The van der Waals surface area contributed by atoms with E-state index >= 15 is 0 Å². The summed E-state index contributed by atoms with van der Waals surface area (Å²) in [6.07, 6.45) is 0. The standard InChI is InChI=1S/C37H24N4O/c1-3-12-25(13-4-1)35-38-36(26-14-5-2-6-15-26)40-37(39-35)30-17-11-16-27-24-28(22-23-29(27)30)41-31-18-7-9-20-33(31)42-34-21-10-8-19-32(34)41/h1-24H. The maximum Gasteiger partial charge on any atom is 0.164 e. The first-order valence-corrected chi connectivity index (χ1v) is 13.9. The van der Waals surface area contributed by atoms with Crippen molar-refractivity contribution in [2.45, 2.75) is 0 Å². The van der Waals surface area contributed by atoms with Crippen molar-refractivity contribution in [1.82, 2.24) is 15.0 Å². The molecule has 0 aliphatic carbocycles. The van der Waals surface area contributed by atoms with Crippen LogP contribution in [0.1, 0.15) is 0 Å². The van der Waals surface area contributed by atoms with Gasteiger partial charge in [0.2, 0.25) is 0 Å². The zero-order chi connectivity index (χ0) is 27.9. The second-order valence-corrected chi connectivity index (χ2v) is 10.1. The molecule has 0 unspecified atom stereocenters. The molecule has 0 amide bonds. The highest BCUT2D eigenvalue weighted by Crippen LogP contribution is 2.50. The number of para-hydroxylation sites is 4. The highest BCUT2D eigenvalue weighted by Gasteiger charge is 2.25. The maximum absolute atomic E-state index is 6.22. The molecule has 0 saturated carbocycles. The first kappa shape index (κ1) is 24.0. The molecule has 6 aromatic carbocycles. The third-order valence-electron chi connectivity index (χ3n) is 7.49. The van der Waals surface area contributed by atoms with Crippen LogP contribution in [0.3, 0.4) is 0 Å². The molecule has 0 spiro atoms. The SMILES string of the molecule is c1ccc(-c2nc(-c3ccccc3)nc(-c3cccc4cc(N5c6ccccc6Oc6ccccc65)ccc34)n2)cc1. The van der Waals surface area contributed by atoms with E-state index in [0.29, 0.717) is 17.5 Å². The first-order valence-electron chi connectivity index (χ1n) is 13.9. The van der Waals surface area contributed by atoms with Gasteiger partial charge in [0.05, 0.1) is 11.4 Å². The first-order chi connectivity index (χ1) is 20.8. The molecule has 1 aliphatic heterocycles. The van der Waals surface area contributed by atoms with Gasteiger partial charge in [-0.05, 0) is 47.2 Å². The van der Waals surface area contributed by atoms with Gasteiger partial charge in [-0.2, -0.15) is 0 Å². The summed E-state index contributed by atoms with van der Waals surface area (Å²) in [5.74, 6) is 3.60. The minimum Gasteiger partial charge on any atom is -0.453 e. The molecular formula is C37H24N4O. The number of anilines is 3. The lowest BCUT2D eigenvalue weighted by Gasteiger charge is -2.32. The van der Waals surface area contributed by atoms with Crippen LogP contribution >= 0.6 is 0 Å². The van der Waals surface area contributed by atoms with E-state index in [-0.39, 0.29) is 0 Å². The van der Waals surface area contributed by atoms with Crippen LogP contribution in [0.25, 0.3) is 44.9 Å². The summed E-state index contributed by atoms with van der Waals surface area (Å²) in [4.78, 5) is 17.1. The summed E-state index contributed by atoms with van der Waals surface area (Å²) in [5.41, 5.74) is 5.91. The number of nitrogens with zero attached hydrogens (tertiary/aromatic N) is 4. The zero-order valence-electron chi connectivity index (χ0n) is 22.6. The van der Waals surface area contributed by atoms with Gasteiger partial charge in [0.1, 0.15) is 0 Å². The quantitative estimate of drug-likeness (QED) is 0.222. The molecule has 1 aromatic heterocycles. The molecule has 0 atom stereocenters. The van der Waals surface area contributed by atoms with Crippen LogP contribution in [0.2, 0.25) is 0 Å². The van der Waals surface area contributed by atoms with Crippen LogP contribution in [0.4, 0.5) is 17.1 Å². The monoisotopic (exact) mass is 540 g/mol. The van der Waals surface area contributed by atoms with Crippen LogP contribution in [-0.4, -0.2) is 15.0 Å². The topological polar surface area (TPSA) is 51.1 Å². The Morgan fingerprint density at radius 3 is 1.62 bits per heavy atom. The number of fused-ring (bicyclic) bond motifs is 3. The smallest absolute Gasteiger partial charge is 0.164 e. The van der Waals surface area contributed by atoms with Crippen molar-refractivity contribution in [3.63, 3.8) is 0 Å². The van der Waals surface area contributed by atoms with Gasteiger partial charge in [-0.15, -0.1) is 0 Å². The lowest BCUT2D eigenvalue weighted by Crippen LogP contribution is -2.15. The zero-order valence-corrected chi connectivity index (χ0v) is 22.6. The van der Waals surface area contributed by atoms with Crippen molar-refractivity contribution in [1.29, 1.82) is 0 Å². The summed E-state index contributed by atoms with van der Waals surface area (Å²) in [6, 6.07) is 49.2. The van der Waals surface area contributed by atoms with E-state index in [4.69, 9.17) is 19.7 Å². The minimum absolute atomic E-state index is 0.642. The van der Waals surface area contributed by atoms with E-state index in [2.05, 4.69) is 53.4 Å². The fourth-order valence-corrected chi connectivity index (χ4v) is 5.52. The fraction of sp³-hybridized carbons (Fsp3) is 0. The van der Waals surface area contributed by atoms with Crippen LogP contribution in [0.5, 0.6) is 11.5 Å². The molecule has 5 nitrogen and oxygen atoms in total. The van der Waals surface area contributed by atoms with E-state index in [1.807, 2.05) is 97.1 Å². The molecule has 0 saturated heterocycles. The Bertz CT molecular complexity index is 1970. The highest BCUT2D eigenvalue weighted by atomic mass is 16.5. The molecule has 42 heavy (non-hydrogen) atoms. The predicted molar refractivity (Wildman–Crippen MR) is 168 cm³/mol. The second kappa shape index (κ2) is 9.98. The van der Waals surface area contributed by atoms with Crippen molar-refractivity contribution in [3.05, 3.63) is 146 Å². The number of rotatable bonds is 4. The van der Waals surface area contributed by atoms with Gasteiger partial charge in [-0.1, -0.05) is 109 Å². The molecule has 7 aromatic rings. The second-order valence-electron chi connectivity index (χ2n) is 10.1. The molecule has 198 valence electrons. The predicted octanol–water partition coefficient (Wildman–Crippen LogP) is 9.60. The Morgan fingerprint density at radius 1 is 0.452 bits per heavy atom. The number of hydrogen-bond acceptors (Lipinski definition) is 5. The van der Waals surface area contributed by atoms with Gasteiger partial charge >= 0.3 is 0 Å². The van der Waals surface area contributed by atoms with Gasteiger partial charge < -0.3 is 9.64 Å². The van der Waals surface area contributed by atoms with Crippen LogP contribution in [0, 0.1) is 0 Å². The third-order valence-corrected chi connectivity index (χ3v) is 7.49. The lowest BCUT2D eigenvalue weighted by molar-refractivity contribution is 0.477. The average molecular weight is 541 g/mol. The van der Waals surface area contributed by atoms with E-state index < -0.39 is 0 Å². The van der Waals surface area contributed by atoms with Gasteiger partial charge in [0.25, 0.3) is 0 Å². The lowest BCUT2D eigenvalue weighted by atomic mass is 10.0. The number of hydrogen-bond donors (Lipinski definition) is 0. The third kappa shape index (κ3) is 4.16. The Hall–Kier alpha value is -5.81. The Kier molecular flexibility index (Phi) is 5.71. The normalized spacial score (nSPS) is 12.0. The van der Waals surface area contributed by atoms with Gasteiger partial charge in [-0.3, -0.25) is 0 Å². The molecule has 0 N–H and O–H groups in total. The summed E-state index contributed by atoms with van der Waals surface area (Å²) >= 11 is 0. The number of benzene rings is 6. The minimum atomic E-state index is 0.642. The number of aromatic nitrogens is 3. The van der Waals surface area contributed by atoms with E-state index in [0.717, 1.165) is 56.0 Å². The average Bonchev–Trinajstić information content (AvgIpc) is 3.07. The van der Waals surface area contributed by atoms with Crippen molar-refractivity contribution >= 4 is 27.8 Å².